The van der Waals surface area contributed by atoms with Gasteiger partial charge in [0, 0.05) is 30.3 Å². The molecule has 4 N–H and O–H groups in total. The van der Waals surface area contributed by atoms with E-state index < -0.39 is 17.9 Å². The van der Waals surface area contributed by atoms with Crippen LogP contribution in [-0.2, 0) is 14.4 Å². The molecule has 0 saturated carbocycles. The van der Waals surface area contributed by atoms with Gasteiger partial charge in [0.15, 0.2) is 0 Å². The first kappa shape index (κ1) is 24.3. The van der Waals surface area contributed by atoms with Crippen LogP contribution < -0.4 is 16.4 Å². The van der Waals surface area contributed by atoms with E-state index in [9.17, 15) is 19.2 Å². The smallest absolute Gasteiger partial charge is 0.260 e. The molecule has 8 heteroatoms. The van der Waals surface area contributed by atoms with Crippen molar-refractivity contribution in [2.24, 2.45) is 5.73 Å². The number of benzene rings is 1. The van der Waals surface area contributed by atoms with Crippen molar-refractivity contribution in [2.45, 2.75) is 58.4 Å². The third kappa shape index (κ3) is 8.03. The lowest BCUT2D eigenvalue weighted by atomic mass is 10.0. The molecule has 4 amide bonds. The van der Waals surface area contributed by atoms with E-state index in [1.54, 1.807) is 19.1 Å². The number of imide groups is 2. The third-order valence-corrected chi connectivity index (χ3v) is 4.84. The molecular weight excluding hydrogens is 372 g/mol. The van der Waals surface area contributed by atoms with Crippen molar-refractivity contribution in [1.82, 2.24) is 10.2 Å². The fourth-order valence-electron chi connectivity index (χ4n) is 3.01. The van der Waals surface area contributed by atoms with Crippen molar-refractivity contribution < 1.29 is 19.2 Å². The molecule has 0 fully saturated rings. The lowest BCUT2D eigenvalue weighted by Gasteiger charge is -2.24. The van der Waals surface area contributed by atoms with Crippen LogP contribution in [0.25, 0.3) is 0 Å². The summed E-state index contributed by atoms with van der Waals surface area (Å²) in [5, 5.41) is 5.39. The molecule has 160 valence electrons. The van der Waals surface area contributed by atoms with Gasteiger partial charge in [0.2, 0.25) is 18.7 Å². The predicted octanol–water partition coefficient (Wildman–Crippen LogP) is 1.97. The summed E-state index contributed by atoms with van der Waals surface area (Å²) in [4.78, 5) is 47.3. The van der Waals surface area contributed by atoms with Crippen LogP contribution in [0.5, 0.6) is 0 Å². The maximum atomic E-state index is 12.9. The highest BCUT2D eigenvalue weighted by Crippen LogP contribution is 2.21. The molecule has 0 heterocycles. The standard InChI is InChI=1S/C21H32N4O4/c1-16(10-11-20(28)24-14-26)25(15-27)21(29)18-8-7-9-19(17(18)2)23-13-6-4-3-5-12-22/h7-9,14-16,23H,3-6,10-13,22H2,1-2H3,(H,24,26,28). The van der Waals surface area contributed by atoms with Crippen molar-refractivity contribution in [3.8, 4) is 0 Å². The zero-order valence-electron chi connectivity index (χ0n) is 17.3. The van der Waals surface area contributed by atoms with Gasteiger partial charge >= 0.3 is 0 Å². The van der Waals surface area contributed by atoms with Crippen LogP contribution >= 0.6 is 0 Å². The number of carbonyl (C=O) groups excluding carboxylic acids is 4. The summed E-state index contributed by atoms with van der Waals surface area (Å²) in [6.45, 7) is 5.04. The summed E-state index contributed by atoms with van der Waals surface area (Å²) in [5.41, 5.74) is 7.57. The molecule has 1 unspecified atom stereocenters. The molecular formula is C21H32N4O4. The van der Waals surface area contributed by atoms with Gasteiger partial charge in [0.25, 0.3) is 5.91 Å². The van der Waals surface area contributed by atoms with Crippen molar-refractivity contribution in [1.29, 1.82) is 0 Å². The summed E-state index contributed by atoms with van der Waals surface area (Å²) in [6.07, 6.45) is 5.35. The molecule has 0 aromatic heterocycles. The van der Waals surface area contributed by atoms with E-state index in [4.69, 9.17) is 5.73 Å². The Labute approximate surface area is 172 Å². The predicted molar refractivity (Wildman–Crippen MR) is 112 cm³/mol. The van der Waals surface area contributed by atoms with Gasteiger partial charge in [-0.05, 0) is 57.4 Å². The molecule has 1 aromatic rings. The molecule has 1 aromatic carbocycles. The summed E-state index contributed by atoms with van der Waals surface area (Å²) in [6, 6.07) is 4.90. The van der Waals surface area contributed by atoms with E-state index in [0.717, 1.165) is 48.4 Å². The number of nitrogens with one attached hydrogen (secondary N) is 2. The molecule has 0 aliphatic carbocycles. The molecule has 0 bridgehead atoms. The molecule has 0 radical (unpaired) electrons. The third-order valence-electron chi connectivity index (χ3n) is 4.84. The quantitative estimate of drug-likeness (QED) is 0.322. The van der Waals surface area contributed by atoms with Crippen LogP contribution in [0.15, 0.2) is 18.2 Å². The number of nitrogens with two attached hydrogens (primary N) is 1. The fourth-order valence-corrected chi connectivity index (χ4v) is 3.01. The summed E-state index contributed by atoms with van der Waals surface area (Å²) < 4.78 is 0. The van der Waals surface area contributed by atoms with Gasteiger partial charge in [0.05, 0.1) is 0 Å². The van der Waals surface area contributed by atoms with Crippen LogP contribution in [0.3, 0.4) is 0 Å². The van der Waals surface area contributed by atoms with Crippen molar-refractivity contribution >= 4 is 30.3 Å². The number of unbranched alkanes of at least 4 members (excludes halogenated alkanes) is 3. The molecule has 0 spiro atoms. The van der Waals surface area contributed by atoms with E-state index in [0.29, 0.717) is 24.9 Å². The maximum absolute atomic E-state index is 12.9. The highest BCUT2D eigenvalue weighted by atomic mass is 16.2. The van der Waals surface area contributed by atoms with E-state index in [2.05, 4.69) is 5.32 Å². The van der Waals surface area contributed by atoms with E-state index >= 15 is 0 Å². The second-order valence-electron chi connectivity index (χ2n) is 7.00. The normalized spacial score (nSPS) is 11.4. The van der Waals surface area contributed by atoms with Gasteiger partial charge in [-0.3, -0.25) is 29.4 Å². The molecule has 0 aliphatic rings. The van der Waals surface area contributed by atoms with Gasteiger partial charge in [-0.25, -0.2) is 0 Å². The van der Waals surface area contributed by atoms with Crippen LogP contribution in [0, 0.1) is 6.92 Å². The van der Waals surface area contributed by atoms with E-state index in [1.807, 2.05) is 18.3 Å². The number of nitrogens with zero attached hydrogens (tertiary/aromatic N) is 1. The fraction of sp³-hybridized carbons (Fsp3) is 0.524. The maximum Gasteiger partial charge on any atom is 0.260 e. The van der Waals surface area contributed by atoms with Gasteiger partial charge in [0.1, 0.15) is 0 Å². The van der Waals surface area contributed by atoms with Gasteiger partial charge < -0.3 is 11.1 Å². The minimum atomic E-state index is -0.476. The Morgan fingerprint density at radius 2 is 1.90 bits per heavy atom. The number of hydrogen-bond donors (Lipinski definition) is 3. The first-order chi connectivity index (χ1) is 14.0. The van der Waals surface area contributed by atoms with Crippen LogP contribution in [0.2, 0.25) is 0 Å². The Balaban J connectivity index is 2.74. The second-order valence-corrected chi connectivity index (χ2v) is 7.00. The SMILES string of the molecule is Cc1c(NCCCCCCN)cccc1C(=O)N(C=O)C(C)CCC(=O)NC=O. The average Bonchev–Trinajstić information content (AvgIpc) is 2.70. The summed E-state index contributed by atoms with van der Waals surface area (Å²) in [7, 11) is 0. The van der Waals surface area contributed by atoms with Gasteiger partial charge in [-0.1, -0.05) is 18.9 Å². The lowest BCUT2D eigenvalue weighted by Crippen LogP contribution is -2.38. The monoisotopic (exact) mass is 404 g/mol. The van der Waals surface area contributed by atoms with E-state index in [-0.39, 0.29) is 12.8 Å². The van der Waals surface area contributed by atoms with Gasteiger partial charge in [-0.15, -0.1) is 0 Å². The number of rotatable bonds is 14. The first-order valence-corrected chi connectivity index (χ1v) is 10.0. The zero-order chi connectivity index (χ0) is 21.6. The van der Waals surface area contributed by atoms with Gasteiger partial charge in [-0.2, -0.15) is 0 Å². The highest BCUT2D eigenvalue weighted by molar-refractivity contribution is 6.02. The highest BCUT2D eigenvalue weighted by Gasteiger charge is 2.23. The Morgan fingerprint density at radius 3 is 2.55 bits per heavy atom. The molecule has 0 aliphatic heterocycles. The molecule has 29 heavy (non-hydrogen) atoms. The topological polar surface area (TPSA) is 122 Å². The van der Waals surface area contributed by atoms with Crippen molar-refractivity contribution in [3.63, 3.8) is 0 Å². The Bertz CT molecular complexity index is 693. The molecule has 0 saturated heterocycles. The van der Waals surface area contributed by atoms with Crippen molar-refractivity contribution in [2.75, 3.05) is 18.4 Å². The average molecular weight is 405 g/mol. The van der Waals surface area contributed by atoms with Crippen LogP contribution in [-0.4, -0.2) is 48.7 Å². The first-order valence-electron chi connectivity index (χ1n) is 10.0. The minimum absolute atomic E-state index is 0.0439. The minimum Gasteiger partial charge on any atom is -0.385 e. The van der Waals surface area contributed by atoms with E-state index in [1.165, 1.54) is 0 Å². The Kier molecular flexibility index (Phi) is 11.3. The van der Waals surface area contributed by atoms with Crippen LogP contribution in [0.1, 0.15) is 61.4 Å². The summed E-state index contributed by atoms with van der Waals surface area (Å²) >= 11 is 0. The molecule has 1 atom stereocenters. The molecule has 8 nitrogen and oxygen atoms in total. The summed E-state index contributed by atoms with van der Waals surface area (Å²) in [5.74, 6) is -0.855. The number of amides is 4. The number of anilines is 1. The second kappa shape index (κ2) is 13.4. The number of carbonyl (C=O) groups is 4. The number of hydrogen-bond acceptors (Lipinski definition) is 6. The zero-order valence-corrected chi connectivity index (χ0v) is 17.3. The lowest BCUT2D eigenvalue weighted by molar-refractivity contribution is -0.126. The largest absolute Gasteiger partial charge is 0.385 e. The van der Waals surface area contributed by atoms with Crippen molar-refractivity contribution in [3.05, 3.63) is 29.3 Å². The van der Waals surface area contributed by atoms with Crippen LogP contribution in [0.4, 0.5) is 5.69 Å². The molecule has 1 rings (SSSR count). The Morgan fingerprint density at radius 1 is 1.17 bits per heavy atom. The Hall–Kier alpha value is -2.74.